The topological polar surface area (TPSA) is 25.8 Å². The highest BCUT2D eigenvalue weighted by molar-refractivity contribution is 5.80. The number of nitrogens with zero attached hydrogens (tertiary/aromatic N) is 2. The third-order valence-electron chi connectivity index (χ3n) is 5.34. The maximum Gasteiger partial charge on any atom is 0.159 e. The smallest absolute Gasteiger partial charge is 0.159 e. The van der Waals surface area contributed by atoms with Gasteiger partial charge in [0.15, 0.2) is 5.82 Å². The summed E-state index contributed by atoms with van der Waals surface area (Å²) in [7, 11) is 0. The van der Waals surface area contributed by atoms with E-state index in [0.717, 1.165) is 52.9 Å². The number of rotatable bonds is 11. The van der Waals surface area contributed by atoms with Crippen molar-refractivity contribution in [2.75, 3.05) is 0 Å². The summed E-state index contributed by atoms with van der Waals surface area (Å²) >= 11 is 0. The van der Waals surface area contributed by atoms with Crippen molar-refractivity contribution >= 4 is 16.7 Å². The second-order valence-electron chi connectivity index (χ2n) is 9.31. The summed E-state index contributed by atoms with van der Waals surface area (Å²) in [6.07, 6.45) is 24.3. The highest BCUT2D eigenvalue weighted by atomic mass is 14.9. The Labute approximate surface area is 273 Å². The minimum atomic E-state index is 0.655. The molecule has 1 aromatic heterocycles. The van der Waals surface area contributed by atoms with Crippen LogP contribution in [0.25, 0.3) is 28.0 Å². The first kappa shape index (κ1) is 44.7. The van der Waals surface area contributed by atoms with Gasteiger partial charge >= 0.3 is 0 Å². The fourth-order valence-corrected chi connectivity index (χ4v) is 3.71. The van der Waals surface area contributed by atoms with Crippen molar-refractivity contribution in [2.45, 2.75) is 109 Å². The zero-order valence-corrected chi connectivity index (χ0v) is 30.4. The molecular formula is C42H64N2. The Hall–Kier alpha value is -3.78. The lowest BCUT2D eigenvalue weighted by Crippen LogP contribution is -2.01. The molecule has 44 heavy (non-hydrogen) atoms. The molecule has 0 atom stereocenters. The van der Waals surface area contributed by atoms with Gasteiger partial charge in [-0.3, -0.25) is 0 Å². The molecule has 2 rings (SSSR count). The van der Waals surface area contributed by atoms with Gasteiger partial charge in [-0.25, -0.2) is 9.97 Å². The molecule has 1 aromatic carbocycles. The molecule has 0 aliphatic carbocycles. The van der Waals surface area contributed by atoms with Crippen LogP contribution in [0.2, 0.25) is 0 Å². The van der Waals surface area contributed by atoms with Crippen LogP contribution in [0.1, 0.15) is 124 Å². The standard InChI is InChI=1S/C32H38N2.C3H8.C3H6.2C2H6/c1-8-13-14-15-19-25(7)32-33-30(26(12-5)16-9-2)23-31(34-32)29-21-24(6)20-28(22-29)27(17-10-3)18-11-4;2*1-3-2;2*1-2/h10-15,17-23H,3,7-9,16H2,1-2,4-6H3;3H2,1-2H3;3H,1H2,2H3;2*1-2H3/b14-13-,18-11-,19-15-,26-12+,27-17+;;;;. The van der Waals surface area contributed by atoms with Crippen molar-refractivity contribution in [3.05, 3.63) is 127 Å². The van der Waals surface area contributed by atoms with Crippen LogP contribution in [-0.2, 0) is 0 Å². The second-order valence-corrected chi connectivity index (χ2v) is 9.31. The van der Waals surface area contributed by atoms with Crippen LogP contribution in [0, 0.1) is 6.92 Å². The Morgan fingerprint density at radius 1 is 0.841 bits per heavy atom. The van der Waals surface area contributed by atoms with E-state index in [4.69, 9.17) is 9.97 Å². The summed E-state index contributed by atoms with van der Waals surface area (Å²) in [4.78, 5) is 9.84. The molecule has 0 unspecified atom stereocenters. The Morgan fingerprint density at radius 2 is 1.45 bits per heavy atom. The molecule has 0 radical (unpaired) electrons. The number of aromatic nitrogens is 2. The first-order valence-corrected chi connectivity index (χ1v) is 16.5. The van der Waals surface area contributed by atoms with E-state index in [9.17, 15) is 0 Å². The maximum absolute atomic E-state index is 4.94. The molecule has 2 heteroatoms. The molecule has 0 aliphatic rings. The first-order chi connectivity index (χ1) is 21.3. The molecule has 2 nitrogen and oxygen atoms in total. The minimum absolute atomic E-state index is 0.655. The van der Waals surface area contributed by atoms with Crippen LogP contribution in [0.15, 0.2) is 105 Å². The van der Waals surface area contributed by atoms with Crippen molar-refractivity contribution in [2.24, 2.45) is 0 Å². The fourth-order valence-electron chi connectivity index (χ4n) is 3.71. The maximum atomic E-state index is 4.94. The Morgan fingerprint density at radius 3 is 1.95 bits per heavy atom. The molecule has 0 saturated heterocycles. The molecule has 1 heterocycles. The van der Waals surface area contributed by atoms with Gasteiger partial charge in [0.1, 0.15) is 0 Å². The van der Waals surface area contributed by atoms with Gasteiger partial charge < -0.3 is 0 Å². The molecule has 0 amide bonds. The molecule has 0 saturated carbocycles. The lowest BCUT2D eigenvalue weighted by Gasteiger charge is -2.13. The van der Waals surface area contributed by atoms with Crippen molar-refractivity contribution in [1.82, 2.24) is 9.97 Å². The summed E-state index contributed by atoms with van der Waals surface area (Å²) in [5.41, 5.74) is 8.38. The van der Waals surface area contributed by atoms with E-state index in [-0.39, 0.29) is 0 Å². The summed E-state index contributed by atoms with van der Waals surface area (Å²) in [6, 6.07) is 8.67. The van der Waals surface area contributed by atoms with Gasteiger partial charge in [-0.15, -0.1) is 6.58 Å². The van der Waals surface area contributed by atoms with Crippen LogP contribution in [0.3, 0.4) is 0 Å². The van der Waals surface area contributed by atoms with Crippen molar-refractivity contribution in [3.63, 3.8) is 0 Å². The van der Waals surface area contributed by atoms with Gasteiger partial charge in [0, 0.05) is 11.1 Å². The van der Waals surface area contributed by atoms with Gasteiger partial charge in [0.05, 0.1) is 11.4 Å². The zero-order valence-electron chi connectivity index (χ0n) is 30.4. The fraction of sp³-hybridized carbons (Fsp3) is 0.381. The molecular weight excluding hydrogens is 532 g/mol. The van der Waals surface area contributed by atoms with Gasteiger partial charge in [-0.1, -0.05) is 148 Å². The zero-order chi connectivity index (χ0) is 34.3. The second kappa shape index (κ2) is 30.7. The molecule has 0 fully saturated rings. The largest absolute Gasteiger partial charge is 0.228 e. The Balaban J connectivity index is -0.00000149. The monoisotopic (exact) mass is 597 g/mol. The number of hydrogen-bond donors (Lipinski definition) is 0. The predicted octanol–water partition coefficient (Wildman–Crippen LogP) is 14.0. The van der Waals surface area contributed by atoms with Crippen LogP contribution >= 0.6 is 0 Å². The SMILES string of the molecule is C=C/C=C(\C=C/C)c1cc(C)cc(-c2cc(/C(=C/C)CCC)nc(C(=C)/C=C\C=C/CC)n2)c1.C=CC.CC.CC.CCC. The number of hydrogen-bond acceptors (Lipinski definition) is 2. The van der Waals surface area contributed by atoms with Gasteiger partial charge in [-0.05, 0) is 81.0 Å². The number of aryl methyl sites for hydroxylation is 1. The molecule has 242 valence electrons. The van der Waals surface area contributed by atoms with Gasteiger partial charge in [0.25, 0.3) is 0 Å². The van der Waals surface area contributed by atoms with Crippen LogP contribution in [0.5, 0.6) is 0 Å². The average Bonchev–Trinajstić information content (AvgIpc) is 3.04. The normalized spacial score (nSPS) is 10.9. The summed E-state index contributed by atoms with van der Waals surface area (Å²) in [5.74, 6) is 0.655. The number of allylic oxidation sites excluding steroid dienone is 13. The van der Waals surface area contributed by atoms with E-state index in [0.29, 0.717) is 5.82 Å². The van der Waals surface area contributed by atoms with Gasteiger partial charge in [-0.2, -0.15) is 0 Å². The van der Waals surface area contributed by atoms with E-state index in [2.05, 4.69) is 104 Å². The summed E-state index contributed by atoms with van der Waals surface area (Å²) in [6.45, 7) is 36.2. The molecule has 0 N–H and O–H groups in total. The third kappa shape index (κ3) is 18.7. The van der Waals surface area contributed by atoms with E-state index in [1.807, 2.05) is 78.0 Å². The van der Waals surface area contributed by atoms with Gasteiger partial charge in [0.2, 0.25) is 0 Å². The van der Waals surface area contributed by atoms with Crippen LogP contribution in [0.4, 0.5) is 0 Å². The highest BCUT2D eigenvalue weighted by Gasteiger charge is 2.12. The quantitative estimate of drug-likeness (QED) is 0.190. The molecule has 0 bridgehead atoms. The minimum Gasteiger partial charge on any atom is -0.228 e. The predicted molar refractivity (Wildman–Crippen MR) is 206 cm³/mol. The first-order valence-electron chi connectivity index (χ1n) is 16.5. The van der Waals surface area contributed by atoms with E-state index in [1.54, 1.807) is 6.08 Å². The van der Waals surface area contributed by atoms with E-state index >= 15 is 0 Å². The molecule has 0 aliphatic heterocycles. The van der Waals surface area contributed by atoms with Crippen molar-refractivity contribution < 1.29 is 0 Å². The van der Waals surface area contributed by atoms with Crippen LogP contribution in [-0.4, -0.2) is 9.97 Å². The lowest BCUT2D eigenvalue weighted by atomic mass is 9.97. The average molecular weight is 597 g/mol. The van der Waals surface area contributed by atoms with Crippen molar-refractivity contribution in [3.8, 4) is 11.3 Å². The Kier molecular flexibility index (Phi) is 31.1. The molecule has 0 spiro atoms. The van der Waals surface area contributed by atoms with E-state index < -0.39 is 0 Å². The third-order valence-corrected chi connectivity index (χ3v) is 5.34. The summed E-state index contributed by atoms with van der Waals surface area (Å²) < 4.78 is 0. The Bertz CT molecular complexity index is 1220. The summed E-state index contributed by atoms with van der Waals surface area (Å²) in [5, 5.41) is 0. The highest BCUT2D eigenvalue weighted by Crippen LogP contribution is 2.29. The van der Waals surface area contributed by atoms with E-state index in [1.165, 1.54) is 17.6 Å². The van der Waals surface area contributed by atoms with Crippen LogP contribution < -0.4 is 0 Å². The lowest BCUT2D eigenvalue weighted by molar-refractivity contribution is 0.958. The molecule has 2 aromatic rings. The number of benzene rings is 1. The van der Waals surface area contributed by atoms with Crippen molar-refractivity contribution in [1.29, 1.82) is 0 Å².